The lowest BCUT2D eigenvalue weighted by Gasteiger charge is -2.07. The summed E-state index contributed by atoms with van der Waals surface area (Å²) in [6.07, 6.45) is 0. The number of hydrogen-bond acceptors (Lipinski definition) is 4. The van der Waals surface area contributed by atoms with Gasteiger partial charge in [-0.2, -0.15) is 15.0 Å². The number of fused-ring (bicyclic) bond motifs is 1. The van der Waals surface area contributed by atoms with E-state index in [9.17, 15) is 5.11 Å². The van der Waals surface area contributed by atoms with E-state index in [1.807, 2.05) is 24.3 Å². The Morgan fingerprint density at radius 1 is 0.789 bits per heavy atom. The summed E-state index contributed by atoms with van der Waals surface area (Å²) in [6, 6.07) is 10.7. The molecule has 0 unspecified atom stereocenters. The SMILES string of the molecule is Oc1ccc(-c2nc(Cl)nc(Cl)n2)c2ccccc12. The minimum absolute atomic E-state index is 0.0344. The molecule has 0 bridgehead atoms. The quantitative estimate of drug-likeness (QED) is 0.743. The number of phenolic OH excluding ortho intramolecular Hbond substituents is 1. The number of phenols is 1. The van der Waals surface area contributed by atoms with Crippen LogP contribution in [0.5, 0.6) is 5.75 Å². The van der Waals surface area contributed by atoms with Crippen molar-refractivity contribution in [2.45, 2.75) is 0 Å². The highest BCUT2D eigenvalue weighted by Crippen LogP contribution is 2.32. The Morgan fingerprint density at radius 3 is 2.11 bits per heavy atom. The molecular formula is C13H7Cl2N3O. The van der Waals surface area contributed by atoms with Crippen LogP contribution >= 0.6 is 23.2 Å². The fraction of sp³-hybridized carbons (Fsp3) is 0. The fourth-order valence-electron chi connectivity index (χ4n) is 1.92. The molecule has 94 valence electrons. The topological polar surface area (TPSA) is 58.9 Å². The van der Waals surface area contributed by atoms with Gasteiger partial charge in [0.15, 0.2) is 5.82 Å². The number of hydrogen-bond donors (Lipinski definition) is 1. The average molecular weight is 292 g/mol. The van der Waals surface area contributed by atoms with Crippen molar-refractivity contribution < 1.29 is 5.11 Å². The third kappa shape index (κ3) is 2.20. The van der Waals surface area contributed by atoms with Gasteiger partial charge >= 0.3 is 0 Å². The van der Waals surface area contributed by atoms with Crippen LogP contribution in [0.4, 0.5) is 0 Å². The Morgan fingerprint density at radius 2 is 1.42 bits per heavy atom. The highest BCUT2D eigenvalue weighted by molar-refractivity contribution is 6.31. The van der Waals surface area contributed by atoms with E-state index >= 15 is 0 Å². The first-order chi connectivity index (χ1) is 9.15. The molecule has 0 atom stereocenters. The van der Waals surface area contributed by atoms with Gasteiger partial charge in [0.1, 0.15) is 5.75 Å². The van der Waals surface area contributed by atoms with Crippen LogP contribution in [0.15, 0.2) is 36.4 Å². The minimum Gasteiger partial charge on any atom is -0.507 e. The molecule has 0 fully saturated rings. The molecule has 0 radical (unpaired) electrons. The average Bonchev–Trinajstić information content (AvgIpc) is 2.38. The summed E-state index contributed by atoms with van der Waals surface area (Å²) in [5.41, 5.74) is 0.736. The molecule has 19 heavy (non-hydrogen) atoms. The summed E-state index contributed by atoms with van der Waals surface area (Å²) in [5.74, 6) is 0.576. The van der Waals surface area contributed by atoms with Crippen molar-refractivity contribution in [2.75, 3.05) is 0 Å². The van der Waals surface area contributed by atoms with Crippen molar-refractivity contribution in [3.63, 3.8) is 0 Å². The number of halogens is 2. The fourth-order valence-corrected chi connectivity index (χ4v) is 2.29. The summed E-state index contributed by atoms with van der Waals surface area (Å²) in [5, 5.41) is 11.5. The number of aromatic nitrogens is 3. The van der Waals surface area contributed by atoms with E-state index in [1.165, 1.54) is 0 Å². The lowest BCUT2D eigenvalue weighted by Crippen LogP contribution is -1.94. The smallest absolute Gasteiger partial charge is 0.227 e. The van der Waals surface area contributed by atoms with Crippen LogP contribution in [-0.4, -0.2) is 20.1 Å². The summed E-state index contributed by atoms with van der Waals surface area (Å²) in [4.78, 5) is 11.8. The largest absolute Gasteiger partial charge is 0.507 e. The molecular weight excluding hydrogens is 285 g/mol. The van der Waals surface area contributed by atoms with E-state index in [2.05, 4.69) is 15.0 Å². The summed E-state index contributed by atoms with van der Waals surface area (Å²) >= 11 is 11.6. The van der Waals surface area contributed by atoms with Gasteiger partial charge < -0.3 is 5.11 Å². The second-order valence-electron chi connectivity index (χ2n) is 3.87. The first-order valence-electron chi connectivity index (χ1n) is 5.43. The van der Waals surface area contributed by atoms with E-state index in [1.54, 1.807) is 12.1 Å². The molecule has 0 aliphatic rings. The normalized spacial score (nSPS) is 10.8. The van der Waals surface area contributed by atoms with Crippen LogP contribution in [0.3, 0.4) is 0 Å². The Kier molecular flexibility index (Phi) is 2.97. The lowest BCUT2D eigenvalue weighted by atomic mass is 10.0. The monoisotopic (exact) mass is 291 g/mol. The summed E-state index contributed by atoms with van der Waals surface area (Å²) < 4.78 is 0. The van der Waals surface area contributed by atoms with Crippen molar-refractivity contribution >= 4 is 34.0 Å². The van der Waals surface area contributed by atoms with E-state index in [0.717, 1.165) is 10.9 Å². The van der Waals surface area contributed by atoms with Crippen molar-refractivity contribution in [3.05, 3.63) is 47.0 Å². The van der Waals surface area contributed by atoms with Gasteiger partial charge in [-0.05, 0) is 40.7 Å². The number of nitrogens with zero attached hydrogens (tertiary/aromatic N) is 3. The zero-order valence-electron chi connectivity index (χ0n) is 9.51. The van der Waals surface area contributed by atoms with E-state index < -0.39 is 0 Å². The predicted octanol–water partition coefficient (Wildman–Crippen LogP) is 3.70. The lowest BCUT2D eigenvalue weighted by molar-refractivity contribution is 0.481. The molecule has 0 saturated heterocycles. The molecule has 1 aromatic heterocycles. The maximum atomic E-state index is 9.85. The Bertz CT molecular complexity index is 757. The molecule has 1 N–H and O–H groups in total. The number of rotatable bonds is 1. The van der Waals surface area contributed by atoms with Gasteiger partial charge in [0.2, 0.25) is 10.6 Å². The van der Waals surface area contributed by atoms with Gasteiger partial charge in [-0.3, -0.25) is 0 Å². The van der Waals surface area contributed by atoms with Crippen LogP contribution in [0.2, 0.25) is 10.6 Å². The van der Waals surface area contributed by atoms with Gasteiger partial charge in [0.05, 0.1) is 0 Å². The van der Waals surface area contributed by atoms with Crippen molar-refractivity contribution in [1.82, 2.24) is 15.0 Å². The molecule has 0 amide bonds. The molecule has 0 aliphatic heterocycles. The number of benzene rings is 2. The van der Waals surface area contributed by atoms with Gasteiger partial charge in [-0.1, -0.05) is 24.3 Å². The van der Waals surface area contributed by atoms with Gasteiger partial charge in [-0.15, -0.1) is 0 Å². The minimum atomic E-state index is 0.0344. The standard InChI is InChI=1S/C13H7Cl2N3O/c14-12-16-11(17-13(15)18-12)9-5-6-10(19)8-4-2-1-3-7(8)9/h1-6,19H. The zero-order chi connectivity index (χ0) is 13.4. The van der Waals surface area contributed by atoms with Crippen molar-refractivity contribution in [2.24, 2.45) is 0 Å². The highest BCUT2D eigenvalue weighted by atomic mass is 35.5. The highest BCUT2D eigenvalue weighted by Gasteiger charge is 2.11. The molecule has 2 aromatic carbocycles. The zero-order valence-corrected chi connectivity index (χ0v) is 11.0. The maximum absolute atomic E-state index is 9.85. The molecule has 6 heteroatoms. The van der Waals surface area contributed by atoms with Crippen LogP contribution in [0, 0.1) is 0 Å². The first kappa shape index (κ1) is 12.1. The van der Waals surface area contributed by atoms with Crippen LogP contribution < -0.4 is 0 Å². The first-order valence-corrected chi connectivity index (χ1v) is 6.19. The Hall–Kier alpha value is -1.91. The molecule has 1 heterocycles. The Labute approximate surface area is 118 Å². The maximum Gasteiger partial charge on any atom is 0.227 e. The molecule has 3 rings (SSSR count). The Balaban J connectivity index is 2.34. The van der Waals surface area contributed by atoms with Gasteiger partial charge in [0, 0.05) is 10.9 Å². The molecule has 4 nitrogen and oxygen atoms in total. The van der Waals surface area contributed by atoms with Crippen molar-refractivity contribution in [3.8, 4) is 17.1 Å². The summed E-state index contributed by atoms with van der Waals surface area (Å²) in [6.45, 7) is 0. The van der Waals surface area contributed by atoms with Crippen LogP contribution in [0.25, 0.3) is 22.2 Å². The third-order valence-electron chi connectivity index (χ3n) is 2.72. The van der Waals surface area contributed by atoms with Gasteiger partial charge in [-0.25, -0.2) is 0 Å². The van der Waals surface area contributed by atoms with Gasteiger partial charge in [0.25, 0.3) is 0 Å². The second kappa shape index (κ2) is 4.64. The molecule has 3 aromatic rings. The second-order valence-corrected chi connectivity index (χ2v) is 4.55. The van der Waals surface area contributed by atoms with E-state index in [0.29, 0.717) is 11.2 Å². The van der Waals surface area contributed by atoms with Crippen LogP contribution in [-0.2, 0) is 0 Å². The molecule has 0 saturated carbocycles. The van der Waals surface area contributed by atoms with Crippen LogP contribution in [0.1, 0.15) is 0 Å². The number of aromatic hydroxyl groups is 1. The molecule has 0 aliphatic carbocycles. The van der Waals surface area contributed by atoms with E-state index in [4.69, 9.17) is 23.2 Å². The predicted molar refractivity (Wildman–Crippen MR) is 74.5 cm³/mol. The van der Waals surface area contributed by atoms with Crippen molar-refractivity contribution in [1.29, 1.82) is 0 Å². The third-order valence-corrected chi connectivity index (χ3v) is 3.06. The molecule has 0 spiro atoms. The summed E-state index contributed by atoms with van der Waals surface area (Å²) in [7, 11) is 0. The van der Waals surface area contributed by atoms with E-state index in [-0.39, 0.29) is 16.3 Å².